The van der Waals surface area contributed by atoms with Gasteiger partial charge in [-0.2, -0.15) is 0 Å². The molecule has 238 valence electrons. The highest BCUT2D eigenvalue weighted by atomic mass is 16.5. The van der Waals surface area contributed by atoms with Gasteiger partial charge in [0.25, 0.3) is 0 Å². The van der Waals surface area contributed by atoms with Crippen LogP contribution >= 0.6 is 0 Å². The number of carbonyl (C=O) groups is 2. The summed E-state index contributed by atoms with van der Waals surface area (Å²) in [6, 6.07) is -0.692. The topological polar surface area (TPSA) is 119 Å². The fourth-order valence-corrected chi connectivity index (χ4v) is 12.5. The molecule has 1 saturated heterocycles. The molecule has 7 heteroatoms. The van der Waals surface area contributed by atoms with Crippen LogP contribution in [0.5, 0.6) is 0 Å². The fourth-order valence-electron chi connectivity index (χ4n) is 12.5. The lowest BCUT2D eigenvalue weighted by atomic mass is 9.41. The summed E-state index contributed by atoms with van der Waals surface area (Å²) >= 11 is 0. The molecule has 6 fully saturated rings. The lowest BCUT2D eigenvalue weighted by Gasteiger charge is -2.64. The molecular formula is C35H57NO6. The average molecular weight is 588 g/mol. The van der Waals surface area contributed by atoms with Gasteiger partial charge in [-0.05, 0) is 106 Å². The zero-order valence-electron chi connectivity index (χ0n) is 27.6. The first-order chi connectivity index (χ1) is 19.2. The maximum absolute atomic E-state index is 13.4. The number of fused-ring (bicyclic) bond motifs is 2. The molecule has 0 amide bonds. The fraction of sp³-hybridized carbons (Fsp3) is 0.943. The summed E-state index contributed by atoms with van der Waals surface area (Å²) in [6.45, 7) is 18.6. The molecule has 0 radical (unpaired) electrons. The van der Waals surface area contributed by atoms with Crippen LogP contribution in [0, 0.1) is 50.7 Å². The normalized spacial score (nSPS) is 51.8. The molecule has 4 N–H and O–H groups in total. The van der Waals surface area contributed by atoms with Gasteiger partial charge in [0.05, 0.1) is 23.4 Å². The van der Waals surface area contributed by atoms with Gasteiger partial charge in [0, 0.05) is 23.7 Å². The molecule has 6 aliphatic rings. The van der Waals surface area contributed by atoms with Crippen molar-refractivity contribution in [3.63, 3.8) is 0 Å². The van der Waals surface area contributed by atoms with Gasteiger partial charge in [-0.3, -0.25) is 9.59 Å². The first kappa shape index (κ1) is 31.0. The molecule has 0 aromatic rings. The molecule has 5 aliphatic carbocycles. The van der Waals surface area contributed by atoms with Crippen molar-refractivity contribution in [3.8, 4) is 0 Å². The molecule has 1 heterocycles. The van der Waals surface area contributed by atoms with Crippen LogP contribution in [0.3, 0.4) is 0 Å². The molecule has 6 rings (SSSR count). The van der Waals surface area contributed by atoms with Gasteiger partial charge >= 0.3 is 5.97 Å². The highest BCUT2D eigenvalue weighted by Crippen LogP contribution is 2.89. The number of hydrogen-bond acceptors (Lipinski definition) is 7. The van der Waals surface area contributed by atoms with E-state index in [0.29, 0.717) is 12.8 Å². The largest absolute Gasteiger partial charge is 0.461 e. The Kier molecular flexibility index (Phi) is 6.67. The third-order valence-electron chi connectivity index (χ3n) is 14.8. The maximum Gasteiger partial charge on any atom is 0.323 e. The lowest BCUT2D eigenvalue weighted by molar-refractivity contribution is -0.210. The van der Waals surface area contributed by atoms with Crippen LogP contribution in [0.15, 0.2) is 0 Å². The summed E-state index contributed by atoms with van der Waals surface area (Å²) < 4.78 is 13.1. The van der Waals surface area contributed by atoms with Crippen LogP contribution in [0.2, 0.25) is 0 Å². The number of rotatable bonds is 5. The number of aliphatic hydroxyl groups is 2. The van der Waals surface area contributed by atoms with Crippen molar-refractivity contribution in [1.82, 2.24) is 0 Å². The number of carbonyl (C=O) groups excluding carboxylic acids is 2. The number of Topliss-reactive ketones (excluding diaryl/α,β-unsaturated/α-hetero) is 1. The Hall–Kier alpha value is -1.02. The highest BCUT2D eigenvalue weighted by Gasteiger charge is 2.85. The quantitative estimate of drug-likeness (QED) is 0.379. The number of hydrogen-bond donors (Lipinski definition) is 3. The van der Waals surface area contributed by atoms with Crippen LogP contribution in [-0.4, -0.2) is 57.5 Å². The van der Waals surface area contributed by atoms with Crippen molar-refractivity contribution in [2.45, 2.75) is 156 Å². The molecule has 42 heavy (non-hydrogen) atoms. The summed E-state index contributed by atoms with van der Waals surface area (Å²) in [7, 11) is 0. The van der Waals surface area contributed by atoms with Crippen LogP contribution < -0.4 is 5.73 Å². The monoisotopic (exact) mass is 587 g/mol. The van der Waals surface area contributed by atoms with Gasteiger partial charge in [0.15, 0.2) is 0 Å². The van der Waals surface area contributed by atoms with E-state index in [1.165, 1.54) is 0 Å². The van der Waals surface area contributed by atoms with Gasteiger partial charge in [-0.15, -0.1) is 0 Å². The molecule has 2 spiro atoms. The van der Waals surface area contributed by atoms with Crippen molar-refractivity contribution in [1.29, 1.82) is 0 Å². The minimum Gasteiger partial charge on any atom is -0.461 e. The first-order valence-electron chi connectivity index (χ1n) is 16.8. The Bertz CT molecular complexity index is 1160. The Balaban J connectivity index is 1.39. The van der Waals surface area contributed by atoms with Crippen molar-refractivity contribution in [2.24, 2.45) is 56.5 Å². The third-order valence-corrected chi connectivity index (χ3v) is 14.8. The van der Waals surface area contributed by atoms with E-state index >= 15 is 0 Å². The molecule has 12 atom stereocenters. The van der Waals surface area contributed by atoms with E-state index in [1.807, 2.05) is 27.7 Å². The summed E-state index contributed by atoms with van der Waals surface area (Å²) in [5.41, 5.74) is 4.02. The highest BCUT2D eigenvalue weighted by molar-refractivity contribution is 5.86. The molecule has 1 aliphatic heterocycles. The van der Waals surface area contributed by atoms with Crippen molar-refractivity contribution >= 4 is 11.8 Å². The summed E-state index contributed by atoms with van der Waals surface area (Å²) in [5, 5.41) is 22.7. The molecular weight excluding hydrogens is 530 g/mol. The lowest BCUT2D eigenvalue weighted by Crippen LogP contribution is -2.62. The van der Waals surface area contributed by atoms with Gasteiger partial charge in [-0.1, -0.05) is 41.5 Å². The second-order valence-electron chi connectivity index (χ2n) is 17.8. The van der Waals surface area contributed by atoms with E-state index < -0.39 is 28.8 Å². The molecule has 0 aromatic carbocycles. The Morgan fingerprint density at radius 3 is 2.29 bits per heavy atom. The number of esters is 1. The minimum absolute atomic E-state index is 0.0101. The van der Waals surface area contributed by atoms with Crippen LogP contribution in [0.4, 0.5) is 0 Å². The van der Waals surface area contributed by atoms with E-state index in [2.05, 4.69) is 34.6 Å². The standard InChI is InChI=1S/C35H57NO6/c1-19(2)25(36)28(39)41-21-16-22-32(8)17-20(37)26(33(9)12-11-24(42-33)30(5,6)40)31(32,7)14-15-34(22)18-35(34)13-10-23(38)29(3,4)27(21)35/h19-22,24-27,37,40H,10-18,36H2,1-9H3/t20-,21-,22?,24-,25?,26-,27-,31+,32-,33+,34?,35?/m0/s1. The SMILES string of the molecule is CC(C)C(N)C(=O)O[C@H]1CC2C3(CC[C@]4(C)[C@@H]([C@@]5(C)CC[C@@H](C(C)(C)O)O5)[C@@H](O)C[C@@]24C)CC32CCC(=O)C(C)(C)[C@H]12. The van der Waals surface area contributed by atoms with Gasteiger partial charge in [0.2, 0.25) is 0 Å². The number of nitrogens with two attached hydrogens (primary N) is 1. The smallest absolute Gasteiger partial charge is 0.323 e. The third kappa shape index (κ3) is 3.78. The predicted molar refractivity (Wildman–Crippen MR) is 160 cm³/mol. The second-order valence-corrected chi connectivity index (χ2v) is 17.8. The van der Waals surface area contributed by atoms with Gasteiger partial charge in [0.1, 0.15) is 17.9 Å². The zero-order valence-corrected chi connectivity index (χ0v) is 27.6. The van der Waals surface area contributed by atoms with E-state index in [1.54, 1.807) is 0 Å². The zero-order chi connectivity index (χ0) is 31.1. The molecule has 0 bridgehead atoms. The summed E-state index contributed by atoms with van der Waals surface area (Å²) in [4.78, 5) is 26.8. The number of aliphatic hydroxyl groups excluding tert-OH is 1. The van der Waals surface area contributed by atoms with E-state index in [0.717, 1.165) is 44.9 Å². The van der Waals surface area contributed by atoms with Crippen LogP contribution in [0.25, 0.3) is 0 Å². The number of ether oxygens (including phenoxy) is 2. The van der Waals surface area contributed by atoms with Crippen molar-refractivity contribution < 1.29 is 29.3 Å². The Labute approximate surface area is 253 Å². The molecule has 7 nitrogen and oxygen atoms in total. The Morgan fingerprint density at radius 2 is 1.69 bits per heavy atom. The van der Waals surface area contributed by atoms with E-state index in [9.17, 15) is 19.8 Å². The minimum atomic E-state index is -0.930. The van der Waals surface area contributed by atoms with Crippen LogP contribution in [0.1, 0.15) is 120 Å². The summed E-state index contributed by atoms with van der Waals surface area (Å²) in [6.07, 6.45) is 6.52. The van der Waals surface area contributed by atoms with E-state index in [-0.39, 0.29) is 69.3 Å². The number of ketones is 1. The predicted octanol–water partition coefficient (Wildman–Crippen LogP) is 5.18. The van der Waals surface area contributed by atoms with Gasteiger partial charge in [-0.25, -0.2) is 0 Å². The van der Waals surface area contributed by atoms with Crippen molar-refractivity contribution in [3.05, 3.63) is 0 Å². The molecule has 4 unspecified atom stereocenters. The van der Waals surface area contributed by atoms with E-state index in [4.69, 9.17) is 15.2 Å². The van der Waals surface area contributed by atoms with Crippen molar-refractivity contribution in [2.75, 3.05) is 0 Å². The molecule has 0 aromatic heterocycles. The second kappa shape index (κ2) is 9.04. The van der Waals surface area contributed by atoms with Gasteiger partial charge < -0.3 is 25.4 Å². The average Bonchev–Trinajstić information content (AvgIpc) is 3.24. The van der Waals surface area contributed by atoms with Crippen LogP contribution in [-0.2, 0) is 19.1 Å². The molecule has 5 saturated carbocycles. The summed E-state index contributed by atoms with van der Waals surface area (Å²) in [5.74, 6) is 0.105. The first-order valence-corrected chi connectivity index (χ1v) is 16.8. The Morgan fingerprint density at radius 1 is 1.02 bits per heavy atom. The maximum atomic E-state index is 13.4.